The van der Waals surface area contributed by atoms with Crippen molar-refractivity contribution in [3.8, 4) is 11.5 Å². The standard InChI is InChI=1S/C24H34N4O3/c1-25-24(26-12-7-16-30-22-9-3-2-4-10-22)27-20-21-8-5-6-11-23(21)31-19-15-28-13-17-29-18-14-28/h2-6,8-11H,7,12-20H2,1H3,(H2,25,26,27). The Morgan fingerprint density at radius 3 is 2.55 bits per heavy atom. The van der Waals surface area contributed by atoms with E-state index in [9.17, 15) is 0 Å². The Hall–Kier alpha value is -2.77. The van der Waals surface area contributed by atoms with Crippen LogP contribution in [0, 0.1) is 0 Å². The second kappa shape index (κ2) is 13.5. The van der Waals surface area contributed by atoms with Crippen molar-refractivity contribution in [3.05, 3.63) is 60.2 Å². The molecule has 0 saturated carbocycles. The summed E-state index contributed by atoms with van der Waals surface area (Å²) in [6, 6.07) is 18.0. The molecule has 0 aromatic heterocycles. The predicted molar refractivity (Wildman–Crippen MR) is 124 cm³/mol. The number of nitrogens with one attached hydrogen (secondary N) is 2. The fraction of sp³-hybridized carbons (Fsp3) is 0.458. The molecule has 0 atom stereocenters. The van der Waals surface area contributed by atoms with Gasteiger partial charge in [-0.2, -0.15) is 0 Å². The van der Waals surface area contributed by atoms with Gasteiger partial charge in [-0.1, -0.05) is 36.4 Å². The molecule has 2 aromatic carbocycles. The molecule has 1 aliphatic rings. The van der Waals surface area contributed by atoms with Gasteiger partial charge in [-0.25, -0.2) is 0 Å². The second-order valence-corrected chi connectivity index (χ2v) is 7.28. The van der Waals surface area contributed by atoms with E-state index in [1.165, 1.54) is 0 Å². The molecule has 2 aromatic rings. The molecule has 1 saturated heterocycles. The SMILES string of the molecule is CN=C(NCCCOc1ccccc1)NCc1ccccc1OCCN1CCOCC1. The fourth-order valence-electron chi connectivity index (χ4n) is 3.29. The third kappa shape index (κ3) is 8.47. The zero-order chi connectivity index (χ0) is 21.6. The quantitative estimate of drug-likeness (QED) is 0.327. The third-order valence-electron chi connectivity index (χ3n) is 5.04. The molecule has 0 aliphatic carbocycles. The van der Waals surface area contributed by atoms with Gasteiger partial charge in [-0.15, -0.1) is 0 Å². The van der Waals surface area contributed by atoms with Gasteiger partial charge < -0.3 is 24.8 Å². The lowest BCUT2D eigenvalue weighted by atomic mass is 10.2. The zero-order valence-electron chi connectivity index (χ0n) is 18.4. The molecular formula is C24H34N4O3. The highest BCUT2D eigenvalue weighted by atomic mass is 16.5. The Balaban J connectivity index is 1.35. The van der Waals surface area contributed by atoms with Crippen LogP contribution < -0.4 is 20.1 Å². The number of morpholine rings is 1. The summed E-state index contributed by atoms with van der Waals surface area (Å²) in [5.74, 6) is 2.58. The van der Waals surface area contributed by atoms with E-state index in [1.807, 2.05) is 48.5 Å². The van der Waals surface area contributed by atoms with E-state index in [1.54, 1.807) is 7.05 Å². The maximum absolute atomic E-state index is 6.06. The Morgan fingerprint density at radius 1 is 0.968 bits per heavy atom. The van der Waals surface area contributed by atoms with Gasteiger partial charge >= 0.3 is 0 Å². The topological polar surface area (TPSA) is 67.4 Å². The molecule has 0 radical (unpaired) electrons. The molecule has 2 N–H and O–H groups in total. The number of hydrogen-bond donors (Lipinski definition) is 2. The van der Waals surface area contributed by atoms with Crippen LogP contribution in [0.1, 0.15) is 12.0 Å². The van der Waals surface area contributed by atoms with Crippen LogP contribution in [0.25, 0.3) is 0 Å². The largest absolute Gasteiger partial charge is 0.494 e. The number of ether oxygens (including phenoxy) is 3. The number of aliphatic imine (C=N–C) groups is 1. The summed E-state index contributed by atoms with van der Waals surface area (Å²) in [5.41, 5.74) is 1.11. The average molecular weight is 427 g/mol. The minimum Gasteiger partial charge on any atom is -0.494 e. The first-order valence-corrected chi connectivity index (χ1v) is 11.0. The summed E-state index contributed by atoms with van der Waals surface area (Å²) >= 11 is 0. The number of benzene rings is 2. The van der Waals surface area contributed by atoms with E-state index >= 15 is 0 Å². The van der Waals surface area contributed by atoms with Gasteiger partial charge in [-0.05, 0) is 24.6 Å². The van der Waals surface area contributed by atoms with E-state index in [0.29, 0.717) is 19.8 Å². The summed E-state index contributed by atoms with van der Waals surface area (Å²) in [7, 11) is 1.78. The van der Waals surface area contributed by atoms with Crippen molar-refractivity contribution in [2.75, 3.05) is 59.7 Å². The summed E-state index contributed by atoms with van der Waals surface area (Å²) in [4.78, 5) is 6.68. The lowest BCUT2D eigenvalue weighted by Crippen LogP contribution is -2.39. The minimum absolute atomic E-state index is 0.647. The van der Waals surface area contributed by atoms with Gasteiger partial charge in [0.15, 0.2) is 5.96 Å². The molecule has 0 amide bonds. The van der Waals surface area contributed by atoms with Gasteiger partial charge in [0.05, 0.1) is 19.8 Å². The van der Waals surface area contributed by atoms with Crippen LogP contribution in [-0.2, 0) is 11.3 Å². The van der Waals surface area contributed by atoms with E-state index in [-0.39, 0.29) is 0 Å². The summed E-state index contributed by atoms with van der Waals surface area (Å²) in [5, 5.41) is 6.70. The number of nitrogens with zero attached hydrogens (tertiary/aromatic N) is 2. The Labute approximate surface area is 185 Å². The van der Waals surface area contributed by atoms with Crippen molar-refractivity contribution >= 4 is 5.96 Å². The van der Waals surface area contributed by atoms with Gasteiger partial charge in [0, 0.05) is 45.3 Å². The highest BCUT2D eigenvalue weighted by Gasteiger charge is 2.10. The monoisotopic (exact) mass is 426 g/mol. The highest BCUT2D eigenvalue weighted by molar-refractivity contribution is 5.79. The third-order valence-corrected chi connectivity index (χ3v) is 5.04. The van der Waals surface area contributed by atoms with E-state index in [2.05, 4.69) is 26.6 Å². The maximum atomic E-state index is 6.06. The number of guanidine groups is 1. The smallest absolute Gasteiger partial charge is 0.191 e. The maximum Gasteiger partial charge on any atom is 0.191 e. The molecule has 7 heteroatoms. The van der Waals surface area contributed by atoms with Crippen LogP contribution in [0.3, 0.4) is 0 Å². The zero-order valence-corrected chi connectivity index (χ0v) is 18.4. The Bertz CT molecular complexity index is 779. The molecule has 168 valence electrons. The molecule has 1 aliphatic heterocycles. The molecular weight excluding hydrogens is 392 g/mol. The molecule has 1 heterocycles. The van der Waals surface area contributed by atoms with Crippen molar-refractivity contribution < 1.29 is 14.2 Å². The number of para-hydroxylation sites is 2. The molecule has 0 unspecified atom stereocenters. The van der Waals surface area contributed by atoms with Crippen LogP contribution >= 0.6 is 0 Å². The number of rotatable bonds is 11. The van der Waals surface area contributed by atoms with E-state index in [4.69, 9.17) is 14.2 Å². The molecule has 0 bridgehead atoms. The molecule has 1 fully saturated rings. The highest BCUT2D eigenvalue weighted by Crippen LogP contribution is 2.17. The fourth-order valence-corrected chi connectivity index (χ4v) is 3.29. The first-order chi connectivity index (χ1) is 15.3. The van der Waals surface area contributed by atoms with Crippen LogP contribution in [0.4, 0.5) is 0 Å². The lowest BCUT2D eigenvalue weighted by Gasteiger charge is -2.26. The van der Waals surface area contributed by atoms with E-state index in [0.717, 1.165) is 68.8 Å². The van der Waals surface area contributed by atoms with Crippen LogP contribution in [-0.4, -0.2) is 70.5 Å². The van der Waals surface area contributed by atoms with Crippen molar-refractivity contribution in [1.82, 2.24) is 15.5 Å². The van der Waals surface area contributed by atoms with Gasteiger partial charge in [-0.3, -0.25) is 9.89 Å². The Morgan fingerprint density at radius 2 is 1.74 bits per heavy atom. The summed E-state index contributed by atoms with van der Waals surface area (Å²) in [6.45, 7) is 7.25. The van der Waals surface area contributed by atoms with Crippen molar-refractivity contribution in [1.29, 1.82) is 0 Å². The minimum atomic E-state index is 0.647. The molecule has 31 heavy (non-hydrogen) atoms. The number of hydrogen-bond acceptors (Lipinski definition) is 5. The van der Waals surface area contributed by atoms with Crippen LogP contribution in [0.2, 0.25) is 0 Å². The normalized spacial score (nSPS) is 14.8. The average Bonchev–Trinajstić information content (AvgIpc) is 2.83. The first-order valence-electron chi connectivity index (χ1n) is 11.0. The molecule has 3 rings (SSSR count). The Kier molecular flexibility index (Phi) is 9.99. The van der Waals surface area contributed by atoms with E-state index < -0.39 is 0 Å². The first kappa shape index (κ1) is 22.9. The lowest BCUT2D eigenvalue weighted by molar-refractivity contribution is 0.0322. The summed E-state index contributed by atoms with van der Waals surface area (Å²) < 4.78 is 17.2. The van der Waals surface area contributed by atoms with Crippen LogP contribution in [0.5, 0.6) is 11.5 Å². The van der Waals surface area contributed by atoms with Crippen LogP contribution in [0.15, 0.2) is 59.6 Å². The molecule has 7 nitrogen and oxygen atoms in total. The van der Waals surface area contributed by atoms with Gasteiger partial charge in [0.1, 0.15) is 18.1 Å². The second-order valence-electron chi connectivity index (χ2n) is 7.28. The summed E-state index contributed by atoms with van der Waals surface area (Å²) in [6.07, 6.45) is 0.886. The van der Waals surface area contributed by atoms with Crippen molar-refractivity contribution in [3.63, 3.8) is 0 Å². The molecule has 0 spiro atoms. The van der Waals surface area contributed by atoms with Crippen molar-refractivity contribution in [2.24, 2.45) is 4.99 Å². The van der Waals surface area contributed by atoms with Gasteiger partial charge in [0.2, 0.25) is 0 Å². The van der Waals surface area contributed by atoms with Crippen molar-refractivity contribution in [2.45, 2.75) is 13.0 Å². The predicted octanol–water partition coefficient (Wildman–Crippen LogP) is 2.53. The van der Waals surface area contributed by atoms with Gasteiger partial charge in [0.25, 0.3) is 0 Å².